The van der Waals surface area contributed by atoms with Crippen LogP contribution in [0.3, 0.4) is 0 Å². The molecule has 0 bridgehead atoms. The van der Waals surface area contributed by atoms with E-state index in [2.05, 4.69) is 62.8 Å². The number of hydrogen-bond acceptors (Lipinski definition) is 3. The van der Waals surface area contributed by atoms with E-state index < -0.39 is 0 Å². The fraction of sp³-hybridized carbons (Fsp3) is 0.292. The number of nitrogens with one attached hydrogen (secondary N) is 1. The van der Waals surface area contributed by atoms with Crippen LogP contribution in [-0.4, -0.2) is 33.1 Å². The number of aromatic nitrogens is 3. The Kier molecular flexibility index (Phi) is 5.96. The highest BCUT2D eigenvalue weighted by Gasteiger charge is 2.14. The average molecular weight is 389 g/mol. The zero-order chi connectivity index (χ0) is 20.1. The van der Waals surface area contributed by atoms with Crippen molar-refractivity contribution in [2.45, 2.75) is 33.0 Å². The summed E-state index contributed by atoms with van der Waals surface area (Å²) in [4.78, 5) is 10.3. The Morgan fingerprint density at radius 2 is 1.90 bits per heavy atom. The first kappa shape index (κ1) is 19.3. The third kappa shape index (κ3) is 4.51. The average Bonchev–Trinajstić information content (AvgIpc) is 3.37. The molecule has 0 radical (unpaired) electrons. The molecule has 0 aliphatic carbocycles. The van der Waals surface area contributed by atoms with Gasteiger partial charge in [-0.25, -0.2) is 4.98 Å². The standard InChI is InChI=1S/C24H28N4O/c1-19-21-9-4-5-10-22(21)26-23(19)17-28(14-7-13-27-15-12-25-18-27)16-20-8-3-6-11-24(20)29-2/h3-6,8-12,15,18,26H,7,13-14,16-17H2,1-2H3. The van der Waals surface area contributed by atoms with Crippen molar-refractivity contribution in [3.05, 3.63) is 84.1 Å². The number of nitrogens with zero attached hydrogens (tertiary/aromatic N) is 3. The van der Waals surface area contributed by atoms with E-state index in [1.54, 1.807) is 7.11 Å². The number of H-pyrrole nitrogens is 1. The molecule has 150 valence electrons. The SMILES string of the molecule is COc1ccccc1CN(CCCn1ccnc1)Cc1[nH]c2ccccc2c1C. The molecule has 0 unspecified atom stereocenters. The normalized spacial score (nSPS) is 11.4. The van der Waals surface area contributed by atoms with E-state index in [0.29, 0.717) is 0 Å². The van der Waals surface area contributed by atoms with Gasteiger partial charge in [0.25, 0.3) is 0 Å². The van der Waals surface area contributed by atoms with Gasteiger partial charge in [0.1, 0.15) is 5.75 Å². The summed E-state index contributed by atoms with van der Waals surface area (Å²) >= 11 is 0. The molecule has 5 nitrogen and oxygen atoms in total. The molecule has 29 heavy (non-hydrogen) atoms. The maximum Gasteiger partial charge on any atom is 0.123 e. The van der Waals surface area contributed by atoms with E-state index in [1.165, 1.54) is 27.7 Å². The van der Waals surface area contributed by atoms with Crippen molar-refractivity contribution in [2.24, 2.45) is 0 Å². The highest BCUT2D eigenvalue weighted by Crippen LogP contribution is 2.25. The van der Waals surface area contributed by atoms with E-state index in [1.807, 2.05) is 30.9 Å². The van der Waals surface area contributed by atoms with Gasteiger partial charge in [0.05, 0.1) is 13.4 Å². The first-order valence-electron chi connectivity index (χ1n) is 10.1. The Bertz CT molecular complexity index is 1050. The molecule has 4 aromatic rings. The van der Waals surface area contributed by atoms with Crippen LogP contribution in [0.1, 0.15) is 23.2 Å². The van der Waals surface area contributed by atoms with E-state index in [4.69, 9.17) is 4.74 Å². The first-order valence-corrected chi connectivity index (χ1v) is 10.1. The first-order chi connectivity index (χ1) is 14.2. The summed E-state index contributed by atoms with van der Waals surface area (Å²) in [5.74, 6) is 0.945. The van der Waals surface area contributed by atoms with Gasteiger partial charge in [0, 0.05) is 60.7 Å². The topological polar surface area (TPSA) is 46.1 Å². The molecule has 2 aromatic carbocycles. The van der Waals surface area contributed by atoms with Crippen LogP contribution in [0.15, 0.2) is 67.3 Å². The van der Waals surface area contributed by atoms with Crippen molar-refractivity contribution < 1.29 is 4.74 Å². The molecule has 0 aliphatic rings. The Morgan fingerprint density at radius 3 is 2.69 bits per heavy atom. The summed E-state index contributed by atoms with van der Waals surface area (Å²) in [5, 5.41) is 1.30. The molecule has 0 aliphatic heterocycles. The lowest BCUT2D eigenvalue weighted by Gasteiger charge is -2.23. The highest BCUT2D eigenvalue weighted by molar-refractivity contribution is 5.84. The third-order valence-corrected chi connectivity index (χ3v) is 5.49. The number of aryl methyl sites for hydroxylation is 2. The number of ether oxygens (including phenoxy) is 1. The number of para-hydroxylation sites is 2. The molecule has 5 heteroatoms. The zero-order valence-corrected chi connectivity index (χ0v) is 17.1. The van der Waals surface area contributed by atoms with Crippen molar-refractivity contribution in [1.82, 2.24) is 19.4 Å². The van der Waals surface area contributed by atoms with E-state index >= 15 is 0 Å². The maximum absolute atomic E-state index is 5.58. The molecule has 2 heterocycles. The van der Waals surface area contributed by atoms with Gasteiger partial charge in [-0.1, -0.05) is 36.4 Å². The molecule has 0 fully saturated rings. The quantitative estimate of drug-likeness (QED) is 0.449. The Hall–Kier alpha value is -3.05. The number of methoxy groups -OCH3 is 1. The second kappa shape index (κ2) is 8.97. The Morgan fingerprint density at radius 1 is 1.07 bits per heavy atom. The lowest BCUT2D eigenvalue weighted by Crippen LogP contribution is -2.25. The second-order valence-corrected chi connectivity index (χ2v) is 7.45. The lowest BCUT2D eigenvalue weighted by molar-refractivity contribution is 0.242. The smallest absolute Gasteiger partial charge is 0.123 e. The molecular formula is C24H28N4O. The number of fused-ring (bicyclic) bond motifs is 1. The van der Waals surface area contributed by atoms with Crippen LogP contribution in [-0.2, 0) is 19.6 Å². The molecular weight excluding hydrogens is 360 g/mol. The number of hydrogen-bond donors (Lipinski definition) is 1. The summed E-state index contributed by atoms with van der Waals surface area (Å²) in [5.41, 5.74) is 5.03. The van der Waals surface area contributed by atoms with Gasteiger partial charge in [0.15, 0.2) is 0 Å². The van der Waals surface area contributed by atoms with Gasteiger partial charge < -0.3 is 14.3 Å². The van der Waals surface area contributed by atoms with Crippen LogP contribution < -0.4 is 4.74 Å². The summed E-state index contributed by atoms with van der Waals surface area (Å²) in [6.45, 7) is 5.89. The number of aromatic amines is 1. The van der Waals surface area contributed by atoms with Crippen molar-refractivity contribution in [2.75, 3.05) is 13.7 Å². The Balaban J connectivity index is 1.53. The van der Waals surface area contributed by atoms with Gasteiger partial charge in [-0.2, -0.15) is 0 Å². The fourth-order valence-corrected chi connectivity index (χ4v) is 3.90. The summed E-state index contributed by atoms with van der Waals surface area (Å²) < 4.78 is 7.72. The molecule has 0 amide bonds. The monoisotopic (exact) mass is 388 g/mol. The van der Waals surface area contributed by atoms with Gasteiger partial charge in [-0.3, -0.25) is 4.90 Å². The second-order valence-electron chi connectivity index (χ2n) is 7.45. The molecule has 4 rings (SSSR count). The number of imidazole rings is 1. The van der Waals surface area contributed by atoms with E-state index in [9.17, 15) is 0 Å². The number of benzene rings is 2. The molecule has 1 N–H and O–H groups in total. The summed E-state index contributed by atoms with van der Waals surface area (Å²) in [6.07, 6.45) is 6.80. The predicted octanol–water partition coefficient (Wildman–Crippen LogP) is 4.77. The van der Waals surface area contributed by atoms with Gasteiger partial charge in [-0.05, 0) is 31.0 Å². The zero-order valence-electron chi connectivity index (χ0n) is 17.1. The summed E-state index contributed by atoms with van der Waals surface area (Å²) in [7, 11) is 1.74. The summed E-state index contributed by atoms with van der Waals surface area (Å²) in [6, 6.07) is 16.8. The fourth-order valence-electron chi connectivity index (χ4n) is 3.90. The van der Waals surface area contributed by atoms with Crippen molar-refractivity contribution in [3.63, 3.8) is 0 Å². The van der Waals surface area contributed by atoms with Crippen LogP contribution in [0.5, 0.6) is 5.75 Å². The molecule has 0 saturated heterocycles. The van der Waals surface area contributed by atoms with Crippen molar-refractivity contribution in [1.29, 1.82) is 0 Å². The largest absolute Gasteiger partial charge is 0.496 e. The minimum Gasteiger partial charge on any atom is -0.496 e. The number of rotatable bonds is 9. The van der Waals surface area contributed by atoms with Crippen LogP contribution >= 0.6 is 0 Å². The van der Waals surface area contributed by atoms with Crippen LogP contribution in [0.4, 0.5) is 0 Å². The predicted molar refractivity (Wildman–Crippen MR) is 117 cm³/mol. The van der Waals surface area contributed by atoms with Crippen molar-refractivity contribution >= 4 is 10.9 Å². The lowest BCUT2D eigenvalue weighted by atomic mass is 10.1. The minimum absolute atomic E-state index is 0.850. The Labute approximate surface area is 172 Å². The van der Waals surface area contributed by atoms with Gasteiger partial charge in [0.2, 0.25) is 0 Å². The third-order valence-electron chi connectivity index (χ3n) is 5.49. The van der Waals surface area contributed by atoms with Crippen LogP contribution in [0, 0.1) is 6.92 Å². The molecule has 0 atom stereocenters. The van der Waals surface area contributed by atoms with Crippen LogP contribution in [0.25, 0.3) is 10.9 Å². The van der Waals surface area contributed by atoms with Crippen molar-refractivity contribution in [3.8, 4) is 5.75 Å². The molecule has 0 saturated carbocycles. The molecule has 0 spiro atoms. The van der Waals surface area contributed by atoms with E-state index in [0.717, 1.165) is 38.3 Å². The maximum atomic E-state index is 5.58. The minimum atomic E-state index is 0.850. The highest BCUT2D eigenvalue weighted by atomic mass is 16.5. The van der Waals surface area contributed by atoms with Gasteiger partial charge in [-0.15, -0.1) is 0 Å². The molecule has 2 aromatic heterocycles. The van der Waals surface area contributed by atoms with E-state index in [-0.39, 0.29) is 0 Å². The van der Waals surface area contributed by atoms with Crippen LogP contribution in [0.2, 0.25) is 0 Å². The van der Waals surface area contributed by atoms with Gasteiger partial charge >= 0.3 is 0 Å².